The van der Waals surface area contributed by atoms with Crippen LogP contribution in [0.5, 0.6) is 23.0 Å². The van der Waals surface area contributed by atoms with E-state index in [4.69, 9.17) is 18.9 Å². The van der Waals surface area contributed by atoms with Gasteiger partial charge in [0, 0.05) is 13.1 Å². The quantitative estimate of drug-likeness (QED) is 0.366. The summed E-state index contributed by atoms with van der Waals surface area (Å²) >= 11 is 0. The fourth-order valence-corrected chi connectivity index (χ4v) is 4.14. The van der Waals surface area contributed by atoms with Crippen LogP contribution in [0.4, 0.5) is 0 Å². The molecule has 8 heteroatoms. The van der Waals surface area contributed by atoms with E-state index >= 15 is 0 Å². The molecule has 3 aromatic carbocycles. The Morgan fingerprint density at radius 1 is 0.737 bits per heavy atom. The third-order valence-electron chi connectivity index (χ3n) is 6.33. The highest BCUT2D eigenvalue weighted by Crippen LogP contribution is 2.29. The van der Waals surface area contributed by atoms with Crippen molar-refractivity contribution in [3.8, 4) is 23.0 Å². The van der Waals surface area contributed by atoms with Gasteiger partial charge in [-0.05, 0) is 54.3 Å². The molecule has 0 fully saturated rings. The number of amides is 2. The Labute approximate surface area is 224 Å². The second-order valence-corrected chi connectivity index (χ2v) is 8.78. The van der Waals surface area contributed by atoms with Gasteiger partial charge in [-0.3, -0.25) is 9.59 Å². The number of hydrogen-bond donors (Lipinski definition) is 1. The Kier molecular flexibility index (Phi) is 10.4. The average molecular weight is 521 g/mol. The first-order valence-corrected chi connectivity index (χ1v) is 12.4. The van der Waals surface area contributed by atoms with Gasteiger partial charge in [-0.1, -0.05) is 42.5 Å². The predicted molar refractivity (Wildman–Crippen MR) is 146 cm³/mol. The van der Waals surface area contributed by atoms with E-state index in [0.717, 1.165) is 16.7 Å². The Balaban J connectivity index is 1.70. The van der Waals surface area contributed by atoms with E-state index in [-0.39, 0.29) is 18.2 Å². The zero-order valence-corrected chi connectivity index (χ0v) is 22.7. The number of methoxy groups -OCH3 is 4. The highest BCUT2D eigenvalue weighted by Gasteiger charge is 2.26. The van der Waals surface area contributed by atoms with Gasteiger partial charge in [0.1, 0.15) is 6.04 Å². The lowest BCUT2D eigenvalue weighted by molar-refractivity contribution is -0.140. The summed E-state index contributed by atoms with van der Waals surface area (Å²) in [6.45, 7) is 2.49. The molecule has 3 rings (SSSR count). The van der Waals surface area contributed by atoms with Crippen LogP contribution in [0, 0.1) is 0 Å². The van der Waals surface area contributed by atoms with E-state index in [1.165, 1.54) is 0 Å². The van der Waals surface area contributed by atoms with Crippen LogP contribution < -0.4 is 24.3 Å². The van der Waals surface area contributed by atoms with Crippen molar-refractivity contribution in [3.05, 3.63) is 83.4 Å². The summed E-state index contributed by atoms with van der Waals surface area (Å²) in [5.74, 6) is 2.05. The van der Waals surface area contributed by atoms with E-state index in [2.05, 4.69) is 5.32 Å². The van der Waals surface area contributed by atoms with E-state index in [1.54, 1.807) is 52.4 Å². The Bertz CT molecular complexity index is 1210. The van der Waals surface area contributed by atoms with Crippen molar-refractivity contribution in [2.24, 2.45) is 0 Å². The first kappa shape index (κ1) is 28.4. The summed E-state index contributed by atoms with van der Waals surface area (Å²) in [4.78, 5) is 28.2. The maximum atomic E-state index is 13.5. The van der Waals surface area contributed by atoms with Crippen LogP contribution in [0.2, 0.25) is 0 Å². The number of carbonyl (C=O) groups is 2. The van der Waals surface area contributed by atoms with Gasteiger partial charge in [0.2, 0.25) is 11.8 Å². The van der Waals surface area contributed by atoms with Crippen molar-refractivity contribution in [2.75, 3.05) is 35.0 Å². The van der Waals surface area contributed by atoms with E-state index in [0.29, 0.717) is 42.5 Å². The van der Waals surface area contributed by atoms with Crippen molar-refractivity contribution in [1.82, 2.24) is 10.2 Å². The van der Waals surface area contributed by atoms with Gasteiger partial charge in [0.15, 0.2) is 23.0 Å². The van der Waals surface area contributed by atoms with Crippen LogP contribution >= 0.6 is 0 Å². The maximum Gasteiger partial charge on any atom is 0.242 e. The molecule has 0 aliphatic carbocycles. The van der Waals surface area contributed by atoms with E-state index in [9.17, 15) is 9.59 Å². The monoisotopic (exact) mass is 520 g/mol. The molecule has 3 aromatic rings. The van der Waals surface area contributed by atoms with Gasteiger partial charge < -0.3 is 29.2 Å². The number of hydrogen-bond acceptors (Lipinski definition) is 6. The number of benzene rings is 3. The summed E-state index contributed by atoms with van der Waals surface area (Å²) in [7, 11) is 6.30. The first-order valence-electron chi connectivity index (χ1n) is 12.4. The molecule has 1 N–H and O–H groups in total. The normalized spacial score (nSPS) is 11.3. The highest BCUT2D eigenvalue weighted by molar-refractivity contribution is 5.88. The first-order chi connectivity index (χ1) is 18.4. The lowest BCUT2D eigenvalue weighted by Crippen LogP contribution is -2.48. The van der Waals surface area contributed by atoms with E-state index in [1.807, 2.05) is 54.6 Å². The molecular formula is C30H36N2O6. The number of nitrogens with zero attached hydrogens (tertiary/aromatic N) is 1. The second-order valence-electron chi connectivity index (χ2n) is 8.78. The number of nitrogens with one attached hydrogen (secondary N) is 1. The van der Waals surface area contributed by atoms with Crippen LogP contribution in [-0.2, 0) is 29.0 Å². The minimum Gasteiger partial charge on any atom is -0.493 e. The lowest BCUT2D eigenvalue weighted by atomic mass is 10.1. The third-order valence-corrected chi connectivity index (χ3v) is 6.33. The zero-order valence-electron chi connectivity index (χ0n) is 22.7. The van der Waals surface area contributed by atoms with Crippen LogP contribution in [-0.4, -0.2) is 57.7 Å². The van der Waals surface area contributed by atoms with Gasteiger partial charge in [-0.2, -0.15) is 0 Å². The third kappa shape index (κ3) is 7.41. The van der Waals surface area contributed by atoms with Gasteiger partial charge in [-0.15, -0.1) is 0 Å². The van der Waals surface area contributed by atoms with E-state index < -0.39 is 6.04 Å². The molecule has 0 aliphatic rings. The lowest BCUT2D eigenvalue weighted by Gasteiger charge is -2.29. The Morgan fingerprint density at radius 3 is 1.87 bits per heavy atom. The minimum atomic E-state index is -0.673. The number of rotatable bonds is 13. The van der Waals surface area contributed by atoms with Crippen molar-refractivity contribution < 1.29 is 28.5 Å². The molecule has 1 atom stereocenters. The largest absolute Gasteiger partial charge is 0.493 e. The SMILES string of the molecule is COc1ccc(CCNC(=O)C(C)N(Cc2ccccc2)C(=O)Cc2ccc(OC)c(OC)c2)cc1OC. The molecule has 0 saturated carbocycles. The molecule has 38 heavy (non-hydrogen) atoms. The molecule has 0 saturated heterocycles. The topological polar surface area (TPSA) is 86.3 Å². The van der Waals surface area contributed by atoms with Gasteiger partial charge in [-0.25, -0.2) is 0 Å². The molecule has 0 bridgehead atoms. The average Bonchev–Trinajstić information content (AvgIpc) is 2.95. The summed E-state index contributed by atoms with van der Waals surface area (Å²) in [5, 5.41) is 2.97. The summed E-state index contributed by atoms with van der Waals surface area (Å²) < 4.78 is 21.3. The van der Waals surface area contributed by atoms with Gasteiger partial charge in [0.05, 0.1) is 34.9 Å². The summed E-state index contributed by atoms with van der Waals surface area (Å²) in [6, 6.07) is 20.0. The number of carbonyl (C=O) groups excluding carboxylic acids is 2. The van der Waals surface area contributed by atoms with Crippen LogP contribution in [0.3, 0.4) is 0 Å². The summed E-state index contributed by atoms with van der Waals surface area (Å²) in [6.07, 6.45) is 0.730. The van der Waals surface area contributed by atoms with Crippen molar-refractivity contribution >= 4 is 11.8 Å². The fourth-order valence-electron chi connectivity index (χ4n) is 4.14. The van der Waals surface area contributed by atoms with Crippen molar-refractivity contribution in [3.63, 3.8) is 0 Å². The predicted octanol–water partition coefficient (Wildman–Crippen LogP) is 4.04. The molecule has 202 valence electrons. The molecule has 0 spiro atoms. The molecule has 0 radical (unpaired) electrons. The zero-order chi connectivity index (χ0) is 27.5. The summed E-state index contributed by atoms with van der Waals surface area (Å²) in [5.41, 5.74) is 2.71. The maximum absolute atomic E-state index is 13.5. The molecule has 8 nitrogen and oxygen atoms in total. The molecule has 2 amide bonds. The fraction of sp³-hybridized carbons (Fsp3) is 0.333. The molecule has 1 unspecified atom stereocenters. The Morgan fingerprint density at radius 2 is 1.29 bits per heavy atom. The van der Waals surface area contributed by atoms with Gasteiger partial charge >= 0.3 is 0 Å². The minimum absolute atomic E-state index is 0.121. The highest BCUT2D eigenvalue weighted by atomic mass is 16.5. The number of ether oxygens (including phenoxy) is 4. The molecule has 0 aliphatic heterocycles. The van der Waals surface area contributed by atoms with Crippen LogP contribution in [0.15, 0.2) is 66.7 Å². The van der Waals surface area contributed by atoms with Gasteiger partial charge in [0.25, 0.3) is 0 Å². The smallest absolute Gasteiger partial charge is 0.242 e. The van der Waals surface area contributed by atoms with Crippen molar-refractivity contribution in [1.29, 1.82) is 0 Å². The standard InChI is InChI=1S/C30H36N2O6/c1-21(30(34)31-16-15-22-11-13-25(35-2)27(17-22)37-4)32(20-23-9-7-6-8-10-23)29(33)19-24-12-14-26(36-3)28(18-24)38-5/h6-14,17-18,21H,15-16,19-20H2,1-5H3,(H,31,34). The van der Waals surface area contributed by atoms with Crippen molar-refractivity contribution in [2.45, 2.75) is 32.4 Å². The second kappa shape index (κ2) is 13.9. The molecule has 0 aromatic heterocycles. The van der Waals surface area contributed by atoms with Crippen LogP contribution in [0.1, 0.15) is 23.6 Å². The molecular weight excluding hydrogens is 484 g/mol. The molecule has 0 heterocycles. The van der Waals surface area contributed by atoms with Crippen LogP contribution in [0.25, 0.3) is 0 Å². The Hall–Kier alpha value is -4.20.